The summed E-state index contributed by atoms with van der Waals surface area (Å²) in [6.45, 7) is 8.65. The van der Waals surface area contributed by atoms with Crippen molar-refractivity contribution in [3.63, 3.8) is 0 Å². The molecule has 0 spiro atoms. The molecule has 1 rings (SSSR count). The highest BCUT2D eigenvalue weighted by atomic mass is 16.3. The second-order valence-electron chi connectivity index (χ2n) is 4.72. The van der Waals surface area contributed by atoms with Crippen LogP contribution in [0.3, 0.4) is 0 Å². The van der Waals surface area contributed by atoms with E-state index in [1.54, 1.807) is 6.07 Å². The summed E-state index contributed by atoms with van der Waals surface area (Å²) in [4.78, 5) is 2.04. The van der Waals surface area contributed by atoms with Gasteiger partial charge in [-0.1, -0.05) is 13.0 Å². The van der Waals surface area contributed by atoms with Crippen molar-refractivity contribution in [3.05, 3.63) is 23.8 Å². The fraction of sp³-hybridized carbons (Fsp3) is 0.600. The van der Waals surface area contributed by atoms with Gasteiger partial charge in [-0.2, -0.15) is 0 Å². The summed E-state index contributed by atoms with van der Waals surface area (Å²) in [6, 6.07) is 5.87. The van der Waals surface area contributed by atoms with Crippen LogP contribution in [0.5, 0.6) is 5.75 Å². The molecule has 108 valence electrons. The molecule has 0 aliphatic heterocycles. The lowest BCUT2D eigenvalue weighted by Crippen LogP contribution is -2.26. The zero-order valence-electron chi connectivity index (χ0n) is 12.2. The average molecular weight is 266 g/mol. The first kappa shape index (κ1) is 15.8. The predicted octanol–water partition coefficient (Wildman–Crippen LogP) is 2.27. The van der Waals surface area contributed by atoms with Gasteiger partial charge in [0.25, 0.3) is 0 Å². The number of phenols is 1. The summed E-state index contributed by atoms with van der Waals surface area (Å²) in [5.41, 5.74) is 1.86. The third kappa shape index (κ3) is 4.40. The summed E-state index contributed by atoms with van der Waals surface area (Å²) in [7, 11) is 0. The van der Waals surface area contributed by atoms with Gasteiger partial charge in [0.05, 0.1) is 6.61 Å². The smallest absolute Gasteiger partial charge is 0.122 e. The number of rotatable bonds is 8. The van der Waals surface area contributed by atoms with Crippen molar-refractivity contribution in [1.82, 2.24) is 5.32 Å². The fourth-order valence-electron chi connectivity index (χ4n) is 2.16. The number of hydrogen-bond acceptors (Lipinski definition) is 4. The molecule has 0 fully saturated rings. The van der Waals surface area contributed by atoms with Crippen molar-refractivity contribution >= 4 is 5.69 Å². The van der Waals surface area contributed by atoms with Crippen LogP contribution in [-0.4, -0.2) is 36.5 Å². The minimum absolute atomic E-state index is 0.116. The molecule has 4 heteroatoms. The topological polar surface area (TPSA) is 55.7 Å². The number of hydrogen-bond donors (Lipinski definition) is 3. The standard InChI is InChI=1S/C15H26N2O2/c1-4-8-16-12(3)14-7-6-13(11-15(14)19)17(5-2)9-10-18/h6-7,11-12,16,18-19H,4-5,8-10H2,1-3H3. The first-order valence-electron chi connectivity index (χ1n) is 7.06. The summed E-state index contributed by atoms with van der Waals surface area (Å²) >= 11 is 0. The third-order valence-electron chi connectivity index (χ3n) is 3.30. The van der Waals surface area contributed by atoms with Gasteiger partial charge in [0.1, 0.15) is 5.75 Å². The molecule has 0 saturated carbocycles. The Hall–Kier alpha value is -1.26. The molecule has 0 aliphatic carbocycles. The van der Waals surface area contributed by atoms with E-state index in [4.69, 9.17) is 5.11 Å². The van der Waals surface area contributed by atoms with Crippen molar-refractivity contribution < 1.29 is 10.2 Å². The van der Waals surface area contributed by atoms with E-state index in [-0.39, 0.29) is 12.6 Å². The first-order valence-corrected chi connectivity index (χ1v) is 7.06. The molecule has 0 amide bonds. The molecular formula is C15H26N2O2. The van der Waals surface area contributed by atoms with Crippen molar-refractivity contribution in [2.45, 2.75) is 33.2 Å². The van der Waals surface area contributed by atoms with Crippen LogP contribution in [0.1, 0.15) is 38.8 Å². The minimum atomic E-state index is 0.116. The molecule has 0 heterocycles. The van der Waals surface area contributed by atoms with E-state index < -0.39 is 0 Å². The highest BCUT2D eigenvalue weighted by molar-refractivity contribution is 5.54. The largest absolute Gasteiger partial charge is 0.508 e. The monoisotopic (exact) mass is 266 g/mol. The lowest BCUT2D eigenvalue weighted by molar-refractivity contribution is 0.302. The lowest BCUT2D eigenvalue weighted by atomic mass is 10.1. The van der Waals surface area contributed by atoms with Gasteiger partial charge in [-0.3, -0.25) is 0 Å². The van der Waals surface area contributed by atoms with Crippen LogP contribution in [0.2, 0.25) is 0 Å². The number of likely N-dealkylation sites (N-methyl/N-ethyl adjacent to an activating group) is 1. The van der Waals surface area contributed by atoms with E-state index >= 15 is 0 Å². The third-order valence-corrected chi connectivity index (χ3v) is 3.30. The van der Waals surface area contributed by atoms with E-state index in [1.807, 2.05) is 24.0 Å². The van der Waals surface area contributed by atoms with Crippen LogP contribution in [-0.2, 0) is 0 Å². The summed E-state index contributed by atoms with van der Waals surface area (Å²) < 4.78 is 0. The van der Waals surface area contributed by atoms with E-state index in [9.17, 15) is 5.11 Å². The number of aromatic hydroxyl groups is 1. The van der Waals surface area contributed by atoms with Crippen LogP contribution in [0.4, 0.5) is 5.69 Å². The Kier molecular flexibility index (Phi) is 6.67. The molecule has 0 aromatic heterocycles. The summed E-state index contributed by atoms with van der Waals surface area (Å²) in [5.74, 6) is 0.310. The Morgan fingerprint density at radius 2 is 2.05 bits per heavy atom. The van der Waals surface area contributed by atoms with Gasteiger partial charge in [-0.05, 0) is 32.9 Å². The van der Waals surface area contributed by atoms with E-state index in [0.717, 1.165) is 30.8 Å². The van der Waals surface area contributed by atoms with E-state index in [0.29, 0.717) is 12.3 Å². The number of nitrogens with one attached hydrogen (secondary N) is 1. The Bertz CT molecular complexity index is 382. The van der Waals surface area contributed by atoms with E-state index in [2.05, 4.69) is 19.2 Å². The normalized spacial score (nSPS) is 12.4. The van der Waals surface area contributed by atoms with Crippen molar-refractivity contribution in [1.29, 1.82) is 0 Å². The van der Waals surface area contributed by atoms with Crippen LogP contribution in [0.15, 0.2) is 18.2 Å². The van der Waals surface area contributed by atoms with Crippen LogP contribution in [0, 0.1) is 0 Å². The molecule has 3 N–H and O–H groups in total. The lowest BCUT2D eigenvalue weighted by Gasteiger charge is -2.23. The Labute approximate surface area is 116 Å². The maximum Gasteiger partial charge on any atom is 0.122 e. The van der Waals surface area contributed by atoms with E-state index in [1.165, 1.54) is 0 Å². The van der Waals surface area contributed by atoms with Crippen LogP contribution in [0.25, 0.3) is 0 Å². The highest BCUT2D eigenvalue weighted by Gasteiger charge is 2.12. The highest BCUT2D eigenvalue weighted by Crippen LogP contribution is 2.29. The second kappa shape index (κ2) is 8.02. The van der Waals surface area contributed by atoms with Gasteiger partial charge in [0, 0.05) is 36.4 Å². The van der Waals surface area contributed by atoms with Crippen LogP contribution < -0.4 is 10.2 Å². The molecule has 1 aromatic carbocycles. The molecular weight excluding hydrogens is 240 g/mol. The summed E-state index contributed by atoms with van der Waals surface area (Å²) in [6.07, 6.45) is 1.07. The Morgan fingerprint density at radius 3 is 2.58 bits per heavy atom. The Morgan fingerprint density at radius 1 is 1.32 bits per heavy atom. The van der Waals surface area contributed by atoms with Crippen molar-refractivity contribution in [2.24, 2.45) is 0 Å². The molecule has 0 bridgehead atoms. The van der Waals surface area contributed by atoms with Crippen molar-refractivity contribution in [3.8, 4) is 5.75 Å². The quantitative estimate of drug-likeness (QED) is 0.675. The molecule has 4 nitrogen and oxygen atoms in total. The van der Waals surface area contributed by atoms with Gasteiger partial charge in [-0.15, -0.1) is 0 Å². The molecule has 0 aliphatic rings. The number of benzene rings is 1. The maximum absolute atomic E-state index is 10.1. The number of aliphatic hydroxyl groups excluding tert-OH is 1. The van der Waals surface area contributed by atoms with Gasteiger partial charge < -0.3 is 20.4 Å². The molecule has 19 heavy (non-hydrogen) atoms. The molecule has 0 saturated heterocycles. The van der Waals surface area contributed by atoms with Gasteiger partial charge in [-0.25, -0.2) is 0 Å². The zero-order chi connectivity index (χ0) is 14.3. The van der Waals surface area contributed by atoms with Gasteiger partial charge >= 0.3 is 0 Å². The predicted molar refractivity (Wildman–Crippen MR) is 79.8 cm³/mol. The number of phenolic OH excluding ortho intramolecular Hbond substituents is 1. The SMILES string of the molecule is CCCNC(C)c1ccc(N(CC)CCO)cc1O. The second-order valence-corrected chi connectivity index (χ2v) is 4.72. The fourth-order valence-corrected chi connectivity index (χ4v) is 2.16. The average Bonchev–Trinajstić information content (AvgIpc) is 2.42. The molecule has 1 atom stereocenters. The number of nitrogens with zero attached hydrogens (tertiary/aromatic N) is 1. The maximum atomic E-state index is 10.1. The van der Waals surface area contributed by atoms with Gasteiger partial charge in [0.2, 0.25) is 0 Å². The first-order chi connectivity index (χ1) is 9.13. The minimum Gasteiger partial charge on any atom is -0.508 e. The molecule has 0 radical (unpaired) electrons. The number of anilines is 1. The molecule has 1 aromatic rings. The van der Waals surface area contributed by atoms with Crippen molar-refractivity contribution in [2.75, 3.05) is 31.1 Å². The zero-order valence-corrected chi connectivity index (χ0v) is 12.2. The van der Waals surface area contributed by atoms with Gasteiger partial charge in [0.15, 0.2) is 0 Å². The Balaban J connectivity index is 2.83. The summed E-state index contributed by atoms with van der Waals surface area (Å²) in [5, 5.41) is 22.5. The van der Waals surface area contributed by atoms with Crippen LogP contribution >= 0.6 is 0 Å². The number of aliphatic hydroxyl groups is 1. The molecule has 1 unspecified atom stereocenters.